The van der Waals surface area contributed by atoms with Crippen LogP contribution in [0.2, 0.25) is 0 Å². The molecule has 5 aliphatic rings. The van der Waals surface area contributed by atoms with Gasteiger partial charge in [0.2, 0.25) is 0 Å². The summed E-state index contributed by atoms with van der Waals surface area (Å²) in [5.41, 5.74) is 2.56. The molecule has 39 heavy (non-hydrogen) atoms. The maximum absolute atomic E-state index is 15.7. The number of alkyl halides is 2. The summed E-state index contributed by atoms with van der Waals surface area (Å²) in [5.74, 6) is -0.913. The number of hydrogen-bond donors (Lipinski definition) is 1. The third-order valence-electron chi connectivity index (χ3n) is 11.4. The third kappa shape index (κ3) is 3.46. The van der Waals surface area contributed by atoms with Gasteiger partial charge in [0, 0.05) is 42.9 Å². The molecule has 4 nitrogen and oxygen atoms in total. The fraction of sp³-hybridized carbons (Fsp3) is 0.545. The number of benzene rings is 1. The maximum atomic E-state index is 15.7. The summed E-state index contributed by atoms with van der Waals surface area (Å²) in [5, 5.41) is 10.7. The highest BCUT2D eigenvalue weighted by Crippen LogP contribution is 2.74. The summed E-state index contributed by atoms with van der Waals surface area (Å²) in [7, 11) is 2.17. The van der Waals surface area contributed by atoms with Crippen molar-refractivity contribution < 1.29 is 13.9 Å². The minimum absolute atomic E-state index is 0.0344. The summed E-state index contributed by atoms with van der Waals surface area (Å²) in [4.78, 5) is 9.19. The summed E-state index contributed by atoms with van der Waals surface area (Å²) in [6.07, 6.45) is 13.7. The lowest BCUT2D eigenvalue weighted by molar-refractivity contribution is -0.126. The van der Waals surface area contributed by atoms with Gasteiger partial charge >= 0.3 is 0 Å². The number of aromatic nitrogens is 1. The Morgan fingerprint density at radius 2 is 2.00 bits per heavy atom. The summed E-state index contributed by atoms with van der Waals surface area (Å²) in [6, 6.07) is 12.4. The van der Waals surface area contributed by atoms with Crippen LogP contribution in [0.5, 0.6) is 5.75 Å². The van der Waals surface area contributed by atoms with Crippen molar-refractivity contribution in [2.45, 2.75) is 75.3 Å². The number of hydrogen-bond acceptors (Lipinski definition) is 4. The third-order valence-corrected chi connectivity index (χ3v) is 11.4. The molecule has 6 atom stereocenters. The topological polar surface area (TPSA) is 39.6 Å². The van der Waals surface area contributed by atoms with Gasteiger partial charge in [-0.05, 0) is 105 Å². The van der Waals surface area contributed by atoms with Crippen LogP contribution in [-0.4, -0.2) is 53.1 Å². The van der Waals surface area contributed by atoms with E-state index < -0.39 is 5.92 Å². The van der Waals surface area contributed by atoms with E-state index >= 15 is 8.78 Å². The number of halogens is 2. The second kappa shape index (κ2) is 8.89. The van der Waals surface area contributed by atoms with Crippen LogP contribution in [-0.2, 0) is 11.8 Å². The number of likely N-dealkylation sites (tertiary alicyclic amines) is 1. The molecule has 1 aliphatic heterocycles. The number of piperidine rings is 1. The van der Waals surface area contributed by atoms with Crippen molar-refractivity contribution in [3.63, 3.8) is 0 Å². The second-order valence-corrected chi connectivity index (χ2v) is 12.8. The van der Waals surface area contributed by atoms with Crippen LogP contribution in [0, 0.1) is 17.3 Å². The number of allylic oxidation sites excluding steroid dienone is 3. The first-order valence-corrected chi connectivity index (χ1v) is 14.7. The van der Waals surface area contributed by atoms with Crippen molar-refractivity contribution in [2.75, 3.05) is 25.0 Å². The molecule has 1 aromatic carbocycles. The normalized spacial score (nSPS) is 35.2. The largest absolute Gasteiger partial charge is 0.508 e. The zero-order valence-electron chi connectivity index (χ0n) is 23.0. The van der Waals surface area contributed by atoms with Crippen LogP contribution < -0.4 is 4.90 Å². The standard InChI is InChI=1S/C33H39F2N3O/c1-22-31-15-13-27(29(14-16-31)37(2)30-10-6-7-17-36-30)33(31)25(18-23-11-12-26(39)19-28(23)33)20-38(22)21-32(34,35)24-8-4-3-5-9-24/h4,6-12,17,19,22,25,27,29,39H,3,5,13-16,18,20-21H2,1-2H3. The van der Waals surface area contributed by atoms with E-state index in [1.165, 1.54) is 11.1 Å². The average molecular weight is 532 g/mol. The number of phenolic OH excluding ortho intramolecular Hbond substituents is 1. The number of phenols is 1. The van der Waals surface area contributed by atoms with Gasteiger partial charge in [-0.25, -0.2) is 4.98 Å². The molecule has 0 amide bonds. The Balaban J connectivity index is 1.31. The van der Waals surface area contributed by atoms with Crippen molar-refractivity contribution in [1.29, 1.82) is 0 Å². The zero-order valence-corrected chi connectivity index (χ0v) is 23.0. The second-order valence-electron chi connectivity index (χ2n) is 12.8. The van der Waals surface area contributed by atoms with E-state index in [1.807, 2.05) is 30.5 Å². The van der Waals surface area contributed by atoms with Crippen LogP contribution in [0.3, 0.4) is 0 Å². The van der Waals surface area contributed by atoms with E-state index in [9.17, 15) is 5.11 Å². The molecule has 2 saturated carbocycles. The summed E-state index contributed by atoms with van der Waals surface area (Å²) >= 11 is 0. The quantitative estimate of drug-likeness (QED) is 0.478. The predicted molar refractivity (Wildman–Crippen MR) is 150 cm³/mol. The van der Waals surface area contributed by atoms with Gasteiger partial charge in [-0.15, -0.1) is 0 Å². The molecule has 1 spiro atoms. The average Bonchev–Trinajstić information content (AvgIpc) is 3.38. The fourth-order valence-electron chi connectivity index (χ4n) is 9.99. The number of aromatic hydroxyl groups is 1. The first-order valence-electron chi connectivity index (χ1n) is 14.7. The molecule has 2 aromatic rings. The molecule has 0 radical (unpaired) electrons. The van der Waals surface area contributed by atoms with Crippen molar-refractivity contribution in [2.24, 2.45) is 17.3 Å². The predicted octanol–water partition coefficient (Wildman–Crippen LogP) is 6.51. The van der Waals surface area contributed by atoms with E-state index in [-0.39, 0.29) is 34.9 Å². The maximum Gasteiger partial charge on any atom is 0.285 e. The van der Waals surface area contributed by atoms with E-state index in [1.54, 1.807) is 18.2 Å². The van der Waals surface area contributed by atoms with Gasteiger partial charge in [-0.3, -0.25) is 4.90 Å². The first kappa shape index (κ1) is 25.3. The Morgan fingerprint density at radius 1 is 1.15 bits per heavy atom. The SMILES string of the molecule is CC1N(CC(F)(F)C2=CCCC=C2)CC2Cc3ccc(O)cc3C23C2CCC13CCC2N(C)c1ccccn1. The molecule has 2 bridgehead atoms. The van der Waals surface area contributed by atoms with Crippen LogP contribution in [0.4, 0.5) is 14.6 Å². The smallest absolute Gasteiger partial charge is 0.285 e. The van der Waals surface area contributed by atoms with Crippen molar-refractivity contribution in [1.82, 2.24) is 9.88 Å². The Kier molecular flexibility index (Phi) is 5.75. The highest BCUT2D eigenvalue weighted by molar-refractivity contribution is 5.52. The van der Waals surface area contributed by atoms with Gasteiger partial charge in [-0.2, -0.15) is 8.78 Å². The Hall–Kier alpha value is -2.73. The number of fused-ring (bicyclic) bond motifs is 1. The molecule has 1 N–H and O–H groups in total. The monoisotopic (exact) mass is 531 g/mol. The van der Waals surface area contributed by atoms with Crippen LogP contribution in [0.15, 0.2) is 66.4 Å². The molecule has 6 heteroatoms. The number of nitrogens with zero attached hydrogens (tertiary/aromatic N) is 3. The lowest BCUT2D eigenvalue weighted by Crippen LogP contribution is -2.70. The number of anilines is 1. The number of pyridine rings is 1. The first-order chi connectivity index (χ1) is 18.8. The molecule has 2 heterocycles. The molecule has 4 aliphatic carbocycles. The van der Waals surface area contributed by atoms with E-state index in [0.717, 1.165) is 44.3 Å². The summed E-state index contributed by atoms with van der Waals surface area (Å²) < 4.78 is 31.5. The number of rotatable bonds is 5. The lowest BCUT2D eigenvalue weighted by atomic mass is 9.45. The highest BCUT2D eigenvalue weighted by atomic mass is 19.3. The van der Waals surface area contributed by atoms with Crippen LogP contribution >= 0.6 is 0 Å². The molecule has 7 rings (SSSR count). The van der Waals surface area contributed by atoms with E-state index in [4.69, 9.17) is 0 Å². The molecule has 1 aromatic heterocycles. The Bertz CT molecular complexity index is 1330. The molecule has 3 fully saturated rings. The minimum Gasteiger partial charge on any atom is -0.508 e. The van der Waals surface area contributed by atoms with Crippen molar-refractivity contribution in [3.05, 3.63) is 77.5 Å². The van der Waals surface area contributed by atoms with Crippen LogP contribution in [0.1, 0.15) is 56.6 Å². The van der Waals surface area contributed by atoms with Gasteiger partial charge in [0.15, 0.2) is 0 Å². The van der Waals surface area contributed by atoms with Crippen LogP contribution in [0.25, 0.3) is 0 Å². The molecule has 206 valence electrons. The summed E-state index contributed by atoms with van der Waals surface area (Å²) in [6.45, 7) is 2.68. The van der Waals surface area contributed by atoms with E-state index in [2.05, 4.69) is 40.9 Å². The minimum atomic E-state index is -2.86. The Morgan fingerprint density at radius 3 is 2.77 bits per heavy atom. The van der Waals surface area contributed by atoms with Gasteiger partial charge in [-0.1, -0.05) is 30.4 Å². The van der Waals surface area contributed by atoms with E-state index in [0.29, 0.717) is 30.7 Å². The van der Waals surface area contributed by atoms with Gasteiger partial charge in [0.05, 0.1) is 6.54 Å². The lowest BCUT2D eigenvalue weighted by Gasteiger charge is -2.65. The molecular weight excluding hydrogens is 492 g/mol. The highest BCUT2D eigenvalue weighted by Gasteiger charge is 2.74. The van der Waals surface area contributed by atoms with Gasteiger partial charge in [0.25, 0.3) is 5.92 Å². The molecular formula is C33H39F2N3O. The fourth-order valence-corrected chi connectivity index (χ4v) is 9.99. The zero-order chi connectivity index (χ0) is 27.0. The van der Waals surface area contributed by atoms with Gasteiger partial charge < -0.3 is 10.0 Å². The molecule has 1 saturated heterocycles. The molecule has 6 unspecified atom stereocenters. The van der Waals surface area contributed by atoms with Crippen molar-refractivity contribution >= 4 is 5.82 Å². The Labute approximate surface area is 230 Å². The van der Waals surface area contributed by atoms with Crippen molar-refractivity contribution in [3.8, 4) is 5.75 Å². The van der Waals surface area contributed by atoms with Gasteiger partial charge in [0.1, 0.15) is 11.6 Å².